The maximum Gasteiger partial charge on any atom is 0.262 e. The smallest absolute Gasteiger partial charge is 0.262 e. The molecule has 1 aromatic carbocycles. The quantitative estimate of drug-likeness (QED) is 0.810. The SMILES string of the molecule is C#CC1CN=C2N(C)C(=O)c3cc(S(=O)(=O)NC4(C)CC4)ccc3N21. The zero-order valence-electron chi connectivity index (χ0n) is 14.0. The first-order chi connectivity index (χ1) is 11.8. The number of fused-ring (bicyclic) bond motifs is 3. The number of sulfonamides is 1. The van der Waals surface area contributed by atoms with E-state index in [1.807, 2.05) is 11.8 Å². The summed E-state index contributed by atoms with van der Waals surface area (Å²) in [4.78, 5) is 20.3. The molecule has 130 valence electrons. The van der Waals surface area contributed by atoms with E-state index in [1.54, 1.807) is 13.1 Å². The summed E-state index contributed by atoms with van der Waals surface area (Å²) in [6.07, 6.45) is 7.21. The Kier molecular flexibility index (Phi) is 3.27. The van der Waals surface area contributed by atoms with Gasteiger partial charge in [-0.25, -0.2) is 18.1 Å². The Balaban J connectivity index is 1.79. The number of hydrogen-bond acceptors (Lipinski definition) is 5. The highest BCUT2D eigenvalue weighted by Crippen LogP contribution is 2.37. The molecule has 0 aromatic heterocycles. The molecule has 3 aliphatic rings. The van der Waals surface area contributed by atoms with E-state index in [9.17, 15) is 13.2 Å². The second kappa shape index (κ2) is 5.07. The fraction of sp³-hybridized carbons (Fsp3) is 0.412. The molecule has 1 unspecified atom stereocenters. The van der Waals surface area contributed by atoms with Crippen LogP contribution in [0.15, 0.2) is 28.1 Å². The molecule has 1 aromatic rings. The highest BCUT2D eigenvalue weighted by atomic mass is 32.2. The summed E-state index contributed by atoms with van der Waals surface area (Å²) >= 11 is 0. The largest absolute Gasteiger partial charge is 0.295 e. The van der Waals surface area contributed by atoms with Crippen LogP contribution in [-0.4, -0.2) is 50.4 Å². The summed E-state index contributed by atoms with van der Waals surface area (Å²) in [5.74, 6) is 2.87. The molecular weight excluding hydrogens is 340 g/mol. The lowest BCUT2D eigenvalue weighted by Gasteiger charge is -2.35. The number of nitrogens with zero attached hydrogens (tertiary/aromatic N) is 3. The molecule has 0 radical (unpaired) electrons. The van der Waals surface area contributed by atoms with Crippen LogP contribution in [0, 0.1) is 12.3 Å². The topological polar surface area (TPSA) is 82.1 Å². The van der Waals surface area contributed by atoms with Crippen LogP contribution in [0.2, 0.25) is 0 Å². The zero-order valence-corrected chi connectivity index (χ0v) is 14.8. The fourth-order valence-electron chi connectivity index (χ4n) is 3.14. The second-order valence-electron chi connectivity index (χ2n) is 6.90. The third-order valence-electron chi connectivity index (χ3n) is 4.88. The molecule has 0 spiro atoms. The third kappa shape index (κ3) is 2.42. The Bertz CT molecular complexity index is 957. The van der Waals surface area contributed by atoms with Gasteiger partial charge in [-0.3, -0.25) is 14.6 Å². The Morgan fingerprint density at radius 1 is 1.40 bits per heavy atom. The minimum absolute atomic E-state index is 0.0815. The van der Waals surface area contributed by atoms with E-state index >= 15 is 0 Å². The number of hydrogen-bond donors (Lipinski definition) is 1. The number of guanidine groups is 1. The van der Waals surface area contributed by atoms with Crippen molar-refractivity contribution in [2.45, 2.75) is 36.2 Å². The standard InChI is InChI=1S/C17H18N4O3S/c1-4-11-10-18-16-20(3)15(22)13-9-12(5-6-14(13)21(11)16)25(23,24)19-17(2)7-8-17/h1,5-6,9,11,19H,7-8,10H2,2-3H3. The minimum atomic E-state index is -3.68. The van der Waals surface area contributed by atoms with Gasteiger partial charge in [-0.15, -0.1) is 6.42 Å². The predicted octanol–water partition coefficient (Wildman–Crippen LogP) is 0.781. The Hall–Kier alpha value is -2.37. The molecule has 4 rings (SSSR count). The van der Waals surface area contributed by atoms with Crippen molar-refractivity contribution in [1.82, 2.24) is 9.62 Å². The Morgan fingerprint density at radius 3 is 2.76 bits per heavy atom. The number of anilines is 1. The third-order valence-corrected chi connectivity index (χ3v) is 6.51. The van der Waals surface area contributed by atoms with Gasteiger partial charge in [0.1, 0.15) is 6.04 Å². The van der Waals surface area contributed by atoms with Gasteiger partial charge in [0.2, 0.25) is 16.0 Å². The molecule has 1 N–H and O–H groups in total. The normalized spacial score (nSPS) is 23.6. The van der Waals surface area contributed by atoms with Gasteiger partial charge in [-0.05, 0) is 38.0 Å². The lowest BCUT2D eigenvalue weighted by atomic mass is 10.1. The average molecular weight is 358 g/mol. The lowest BCUT2D eigenvalue weighted by molar-refractivity contribution is 0.0865. The lowest BCUT2D eigenvalue weighted by Crippen LogP contribution is -2.51. The molecule has 1 aliphatic carbocycles. The first kappa shape index (κ1) is 16.1. The van der Waals surface area contributed by atoms with Gasteiger partial charge < -0.3 is 0 Å². The first-order valence-electron chi connectivity index (χ1n) is 8.02. The van der Waals surface area contributed by atoms with Crippen molar-refractivity contribution >= 4 is 27.6 Å². The second-order valence-corrected chi connectivity index (χ2v) is 8.58. The summed E-state index contributed by atoms with van der Waals surface area (Å²) in [5, 5.41) is 0. The van der Waals surface area contributed by atoms with E-state index in [-0.39, 0.29) is 22.4 Å². The van der Waals surface area contributed by atoms with Crippen LogP contribution in [0.5, 0.6) is 0 Å². The van der Waals surface area contributed by atoms with Gasteiger partial charge in [-0.1, -0.05) is 5.92 Å². The van der Waals surface area contributed by atoms with Crippen LogP contribution in [0.4, 0.5) is 5.69 Å². The van der Waals surface area contributed by atoms with Crippen LogP contribution in [-0.2, 0) is 10.0 Å². The van der Waals surface area contributed by atoms with E-state index in [0.29, 0.717) is 23.8 Å². The number of terminal acetylenes is 1. The zero-order chi connectivity index (χ0) is 18.0. The summed E-state index contributed by atoms with van der Waals surface area (Å²) < 4.78 is 27.9. The monoisotopic (exact) mass is 358 g/mol. The molecule has 1 fully saturated rings. The molecule has 1 amide bonds. The highest BCUT2D eigenvalue weighted by molar-refractivity contribution is 7.89. The fourth-order valence-corrected chi connectivity index (χ4v) is 4.63. The molecule has 1 atom stereocenters. The number of aliphatic imine (C=N–C) groups is 1. The number of carbonyl (C=O) groups excluding carboxylic acids is 1. The molecule has 1 saturated carbocycles. The summed E-state index contributed by atoms with van der Waals surface area (Å²) in [6.45, 7) is 2.27. The summed E-state index contributed by atoms with van der Waals surface area (Å²) in [7, 11) is -2.07. The molecule has 0 saturated heterocycles. The van der Waals surface area contributed by atoms with Crippen molar-refractivity contribution in [1.29, 1.82) is 0 Å². The van der Waals surface area contributed by atoms with Gasteiger partial charge in [0.25, 0.3) is 5.91 Å². The minimum Gasteiger partial charge on any atom is -0.295 e. The van der Waals surface area contributed by atoms with Crippen LogP contribution in [0.3, 0.4) is 0 Å². The van der Waals surface area contributed by atoms with Gasteiger partial charge in [-0.2, -0.15) is 0 Å². The van der Waals surface area contributed by atoms with Crippen molar-refractivity contribution in [2.75, 3.05) is 18.5 Å². The van der Waals surface area contributed by atoms with Crippen molar-refractivity contribution < 1.29 is 13.2 Å². The summed E-state index contributed by atoms with van der Waals surface area (Å²) in [5.41, 5.74) is 0.533. The molecule has 0 bridgehead atoms. The van der Waals surface area contributed by atoms with Crippen molar-refractivity contribution in [2.24, 2.45) is 4.99 Å². The van der Waals surface area contributed by atoms with Gasteiger partial charge in [0.15, 0.2) is 0 Å². The number of nitrogens with one attached hydrogen (secondary N) is 1. The van der Waals surface area contributed by atoms with E-state index < -0.39 is 10.0 Å². The van der Waals surface area contributed by atoms with E-state index in [4.69, 9.17) is 6.42 Å². The van der Waals surface area contributed by atoms with Crippen molar-refractivity contribution in [3.05, 3.63) is 23.8 Å². The number of rotatable bonds is 3. The number of benzene rings is 1. The van der Waals surface area contributed by atoms with Crippen LogP contribution in [0.25, 0.3) is 0 Å². The molecular formula is C17H18N4O3S. The van der Waals surface area contributed by atoms with Crippen molar-refractivity contribution in [3.8, 4) is 12.3 Å². The Labute approximate surface area is 146 Å². The number of carbonyl (C=O) groups is 1. The van der Waals surface area contributed by atoms with E-state index in [0.717, 1.165) is 12.8 Å². The maximum atomic E-state index is 12.7. The molecule has 2 heterocycles. The van der Waals surface area contributed by atoms with Gasteiger partial charge in [0, 0.05) is 12.6 Å². The average Bonchev–Trinajstić information content (AvgIpc) is 3.12. The van der Waals surface area contributed by atoms with Crippen LogP contribution in [0.1, 0.15) is 30.1 Å². The van der Waals surface area contributed by atoms with E-state index in [2.05, 4.69) is 15.6 Å². The van der Waals surface area contributed by atoms with E-state index in [1.165, 1.54) is 17.0 Å². The van der Waals surface area contributed by atoms with Crippen molar-refractivity contribution in [3.63, 3.8) is 0 Å². The maximum absolute atomic E-state index is 12.7. The molecule has 7 nitrogen and oxygen atoms in total. The molecule has 2 aliphatic heterocycles. The van der Waals surface area contributed by atoms with Crippen LogP contribution < -0.4 is 9.62 Å². The first-order valence-corrected chi connectivity index (χ1v) is 9.50. The molecule has 8 heteroatoms. The number of amides is 1. The van der Waals surface area contributed by atoms with Crippen LogP contribution >= 0.6 is 0 Å². The van der Waals surface area contributed by atoms with Gasteiger partial charge >= 0.3 is 0 Å². The highest BCUT2D eigenvalue weighted by Gasteiger charge is 2.43. The predicted molar refractivity (Wildman–Crippen MR) is 93.9 cm³/mol. The Morgan fingerprint density at radius 2 is 2.12 bits per heavy atom. The molecule has 25 heavy (non-hydrogen) atoms. The summed E-state index contributed by atoms with van der Waals surface area (Å²) in [6, 6.07) is 4.28. The van der Waals surface area contributed by atoms with Gasteiger partial charge in [0.05, 0.1) is 22.7 Å².